The van der Waals surface area contributed by atoms with E-state index in [-0.39, 0.29) is 4.75 Å². The number of nitrogens with one attached hydrogen (secondary N) is 2. The fourth-order valence-corrected chi connectivity index (χ4v) is 1.85. The fourth-order valence-electron chi connectivity index (χ4n) is 1.15. The lowest BCUT2D eigenvalue weighted by Crippen LogP contribution is -2.26. The van der Waals surface area contributed by atoms with E-state index in [9.17, 15) is 0 Å². The van der Waals surface area contributed by atoms with Crippen LogP contribution < -0.4 is 10.6 Å². The standard InChI is InChI=1S/C11H19BrN4S/c1-5-13-9-8(12)10(16-7-15-9)14-6-11(2,3)17-4/h7H,5-6H2,1-4H3,(H2,13,14,15,16). The van der Waals surface area contributed by atoms with Gasteiger partial charge in [0.2, 0.25) is 0 Å². The van der Waals surface area contributed by atoms with Crippen LogP contribution in [0.15, 0.2) is 10.8 Å². The number of nitrogens with zero attached hydrogens (tertiary/aromatic N) is 2. The Hall–Kier alpha value is -0.490. The molecule has 1 aromatic heterocycles. The van der Waals surface area contributed by atoms with Crippen LogP contribution >= 0.6 is 27.7 Å². The molecule has 0 aromatic carbocycles. The quantitative estimate of drug-likeness (QED) is 0.843. The molecule has 17 heavy (non-hydrogen) atoms. The fraction of sp³-hybridized carbons (Fsp3) is 0.636. The van der Waals surface area contributed by atoms with E-state index in [0.717, 1.165) is 29.2 Å². The average molecular weight is 319 g/mol. The summed E-state index contributed by atoms with van der Waals surface area (Å²) < 4.78 is 1.07. The van der Waals surface area contributed by atoms with E-state index in [0.29, 0.717) is 0 Å². The number of hydrogen-bond donors (Lipinski definition) is 2. The maximum atomic E-state index is 4.24. The summed E-state index contributed by atoms with van der Waals surface area (Å²) in [6.07, 6.45) is 3.68. The predicted octanol–water partition coefficient (Wildman–Crippen LogP) is 3.22. The van der Waals surface area contributed by atoms with Crippen LogP contribution in [0.5, 0.6) is 0 Å². The number of thioether (sulfide) groups is 1. The molecule has 0 bridgehead atoms. The van der Waals surface area contributed by atoms with Crippen LogP contribution in [-0.4, -0.2) is 34.1 Å². The van der Waals surface area contributed by atoms with Crippen LogP contribution in [0.2, 0.25) is 0 Å². The zero-order chi connectivity index (χ0) is 12.9. The van der Waals surface area contributed by atoms with Gasteiger partial charge in [-0.2, -0.15) is 11.8 Å². The van der Waals surface area contributed by atoms with Crippen LogP contribution in [-0.2, 0) is 0 Å². The largest absolute Gasteiger partial charge is 0.369 e. The van der Waals surface area contributed by atoms with Gasteiger partial charge in [0.05, 0.1) is 0 Å². The molecule has 0 radical (unpaired) electrons. The van der Waals surface area contributed by atoms with Gasteiger partial charge in [0.15, 0.2) is 0 Å². The summed E-state index contributed by atoms with van der Waals surface area (Å²) in [6, 6.07) is 0. The topological polar surface area (TPSA) is 49.8 Å². The third-order valence-corrected chi connectivity index (χ3v) is 4.37. The first kappa shape index (κ1) is 14.6. The maximum absolute atomic E-state index is 4.24. The molecule has 1 rings (SSSR count). The van der Waals surface area contributed by atoms with Crippen LogP contribution in [0.3, 0.4) is 0 Å². The second kappa shape index (κ2) is 6.44. The summed E-state index contributed by atoms with van der Waals surface area (Å²) in [7, 11) is 0. The highest BCUT2D eigenvalue weighted by atomic mass is 79.9. The van der Waals surface area contributed by atoms with Gasteiger partial charge in [-0.1, -0.05) is 0 Å². The summed E-state index contributed by atoms with van der Waals surface area (Å²) in [5.74, 6) is 1.66. The van der Waals surface area contributed by atoms with E-state index in [1.807, 2.05) is 18.7 Å². The van der Waals surface area contributed by atoms with Crippen molar-refractivity contribution in [3.8, 4) is 0 Å². The summed E-state index contributed by atoms with van der Waals surface area (Å²) in [5, 5.41) is 6.53. The van der Waals surface area contributed by atoms with Crippen molar-refractivity contribution in [1.82, 2.24) is 9.97 Å². The van der Waals surface area contributed by atoms with Gasteiger partial charge in [-0.15, -0.1) is 0 Å². The van der Waals surface area contributed by atoms with Gasteiger partial charge in [-0.05, 0) is 43.0 Å². The molecule has 0 aliphatic rings. The van der Waals surface area contributed by atoms with Gasteiger partial charge in [-0.3, -0.25) is 0 Å². The Morgan fingerprint density at radius 3 is 2.41 bits per heavy atom. The molecule has 0 aliphatic heterocycles. The van der Waals surface area contributed by atoms with Gasteiger partial charge < -0.3 is 10.6 Å². The van der Waals surface area contributed by atoms with Crippen molar-refractivity contribution in [2.45, 2.75) is 25.5 Å². The third kappa shape index (κ3) is 4.35. The first-order chi connectivity index (χ1) is 8.00. The zero-order valence-electron chi connectivity index (χ0n) is 10.7. The lowest BCUT2D eigenvalue weighted by molar-refractivity contribution is 0.749. The van der Waals surface area contributed by atoms with Crippen molar-refractivity contribution in [1.29, 1.82) is 0 Å². The van der Waals surface area contributed by atoms with E-state index in [1.54, 1.807) is 6.33 Å². The summed E-state index contributed by atoms with van der Waals surface area (Å²) in [6.45, 7) is 8.13. The second-order valence-electron chi connectivity index (χ2n) is 4.23. The van der Waals surface area contributed by atoms with E-state index >= 15 is 0 Å². The molecule has 0 atom stereocenters. The van der Waals surface area contributed by atoms with Gasteiger partial charge in [0, 0.05) is 17.8 Å². The first-order valence-corrected chi connectivity index (χ1v) is 7.55. The molecule has 0 fully saturated rings. The van der Waals surface area contributed by atoms with E-state index in [4.69, 9.17) is 0 Å². The molecule has 1 aromatic rings. The lowest BCUT2D eigenvalue weighted by atomic mass is 10.2. The number of hydrogen-bond acceptors (Lipinski definition) is 5. The molecule has 4 nitrogen and oxygen atoms in total. The molecule has 0 unspecified atom stereocenters. The number of rotatable bonds is 6. The normalized spacial score (nSPS) is 11.4. The monoisotopic (exact) mass is 318 g/mol. The SMILES string of the molecule is CCNc1ncnc(NCC(C)(C)SC)c1Br. The van der Waals surface area contributed by atoms with Gasteiger partial charge in [-0.25, -0.2) is 9.97 Å². The summed E-state index contributed by atoms with van der Waals surface area (Å²) in [4.78, 5) is 8.42. The summed E-state index contributed by atoms with van der Waals surface area (Å²) in [5.41, 5.74) is 0. The second-order valence-corrected chi connectivity index (χ2v) is 6.54. The molecule has 0 spiro atoms. The average Bonchev–Trinajstić information content (AvgIpc) is 2.31. The Morgan fingerprint density at radius 2 is 1.88 bits per heavy atom. The van der Waals surface area contributed by atoms with Crippen molar-refractivity contribution in [3.05, 3.63) is 10.8 Å². The predicted molar refractivity (Wildman–Crippen MR) is 80.0 cm³/mol. The van der Waals surface area contributed by atoms with Crippen LogP contribution in [0, 0.1) is 0 Å². The van der Waals surface area contributed by atoms with Crippen molar-refractivity contribution in [2.24, 2.45) is 0 Å². The minimum absolute atomic E-state index is 0.183. The third-order valence-electron chi connectivity index (χ3n) is 2.37. The minimum Gasteiger partial charge on any atom is -0.369 e. The molecule has 96 valence electrons. The van der Waals surface area contributed by atoms with Crippen molar-refractivity contribution in [2.75, 3.05) is 30.0 Å². The van der Waals surface area contributed by atoms with Gasteiger partial charge in [0.1, 0.15) is 22.4 Å². The van der Waals surface area contributed by atoms with Gasteiger partial charge >= 0.3 is 0 Å². The molecule has 0 saturated heterocycles. The van der Waals surface area contributed by atoms with Crippen LogP contribution in [0.25, 0.3) is 0 Å². The summed E-state index contributed by atoms with van der Waals surface area (Å²) >= 11 is 5.34. The van der Waals surface area contributed by atoms with Crippen molar-refractivity contribution < 1.29 is 0 Å². The first-order valence-electron chi connectivity index (χ1n) is 5.53. The highest BCUT2D eigenvalue weighted by Gasteiger charge is 2.17. The molecule has 1 heterocycles. The molecular formula is C11H19BrN4S. The van der Waals surface area contributed by atoms with E-state index in [1.165, 1.54) is 0 Å². The van der Waals surface area contributed by atoms with E-state index < -0.39 is 0 Å². The Kier molecular flexibility index (Phi) is 5.52. The number of aromatic nitrogens is 2. The Morgan fingerprint density at radius 1 is 1.29 bits per heavy atom. The lowest BCUT2D eigenvalue weighted by Gasteiger charge is -2.23. The minimum atomic E-state index is 0.183. The Bertz CT molecular complexity index is 370. The Labute approximate surface area is 116 Å². The van der Waals surface area contributed by atoms with Crippen LogP contribution in [0.4, 0.5) is 11.6 Å². The molecular weight excluding hydrogens is 300 g/mol. The van der Waals surface area contributed by atoms with Crippen molar-refractivity contribution >= 4 is 39.3 Å². The van der Waals surface area contributed by atoms with Crippen molar-refractivity contribution in [3.63, 3.8) is 0 Å². The highest BCUT2D eigenvalue weighted by molar-refractivity contribution is 9.10. The van der Waals surface area contributed by atoms with Crippen LogP contribution in [0.1, 0.15) is 20.8 Å². The Balaban J connectivity index is 2.75. The highest BCUT2D eigenvalue weighted by Crippen LogP contribution is 2.28. The molecule has 0 amide bonds. The maximum Gasteiger partial charge on any atom is 0.145 e. The molecule has 6 heteroatoms. The molecule has 0 aliphatic carbocycles. The van der Waals surface area contributed by atoms with E-state index in [2.05, 4.69) is 56.6 Å². The number of anilines is 2. The zero-order valence-corrected chi connectivity index (χ0v) is 13.1. The van der Waals surface area contributed by atoms with Gasteiger partial charge in [0.25, 0.3) is 0 Å². The number of halogens is 1. The smallest absolute Gasteiger partial charge is 0.145 e. The molecule has 0 saturated carbocycles. The molecule has 2 N–H and O–H groups in total.